The zero-order valence-corrected chi connectivity index (χ0v) is 14.8. The van der Waals surface area contributed by atoms with Gasteiger partial charge in [-0.15, -0.1) is 0 Å². The number of carbonyl (C=O) groups is 2. The molecule has 0 aliphatic carbocycles. The van der Waals surface area contributed by atoms with E-state index in [4.69, 9.17) is 9.47 Å². The van der Waals surface area contributed by atoms with Gasteiger partial charge in [0.25, 0.3) is 11.8 Å². The number of benzene rings is 1. The van der Waals surface area contributed by atoms with Crippen LogP contribution in [0.1, 0.15) is 12.5 Å². The highest BCUT2D eigenvalue weighted by Crippen LogP contribution is 2.27. The minimum absolute atomic E-state index is 0.0297. The molecule has 2 rings (SSSR count). The second-order valence-electron chi connectivity index (χ2n) is 5.59. The molecule has 2 amide bonds. The highest BCUT2D eigenvalue weighted by Gasteiger charge is 2.35. The number of hydrogen-bond acceptors (Lipinski definition) is 5. The van der Waals surface area contributed by atoms with Crippen LogP contribution in [0, 0.1) is 11.3 Å². The van der Waals surface area contributed by atoms with Gasteiger partial charge in [0.05, 0.1) is 13.2 Å². The summed E-state index contributed by atoms with van der Waals surface area (Å²) in [5.41, 5.74) is 1.43. The molecule has 0 spiro atoms. The van der Waals surface area contributed by atoms with Crippen molar-refractivity contribution in [1.82, 2.24) is 4.90 Å². The van der Waals surface area contributed by atoms with Crippen molar-refractivity contribution in [2.75, 3.05) is 26.9 Å². The predicted molar refractivity (Wildman–Crippen MR) is 97.0 cm³/mol. The van der Waals surface area contributed by atoms with Crippen molar-refractivity contribution in [1.29, 1.82) is 5.26 Å². The fourth-order valence-electron chi connectivity index (χ4n) is 2.50. The van der Waals surface area contributed by atoms with Crippen molar-refractivity contribution in [3.05, 3.63) is 59.2 Å². The molecule has 6 nitrogen and oxygen atoms in total. The second-order valence-corrected chi connectivity index (χ2v) is 5.59. The molecule has 6 heteroatoms. The first-order valence-corrected chi connectivity index (χ1v) is 8.05. The maximum Gasteiger partial charge on any atom is 0.271 e. The number of methoxy groups -OCH3 is 1. The number of hydrogen-bond donors (Lipinski definition) is 0. The standard InChI is InChI=1S/C20H20N2O4/c1-4-10-26-16-7-5-15(6-8-16)12-17-14(2)18(13-21)20(24)22(19(17)23)9-11-25-3/h4-8,12H,1,9-11H2,2-3H3/b17-12+. The van der Waals surface area contributed by atoms with E-state index in [2.05, 4.69) is 6.58 Å². The fourth-order valence-corrected chi connectivity index (χ4v) is 2.50. The van der Waals surface area contributed by atoms with Crippen LogP contribution in [0.4, 0.5) is 0 Å². The lowest BCUT2D eigenvalue weighted by molar-refractivity contribution is -0.141. The summed E-state index contributed by atoms with van der Waals surface area (Å²) in [5, 5.41) is 9.31. The van der Waals surface area contributed by atoms with Gasteiger partial charge >= 0.3 is 0 Å². The molecule has 134 valence electrons. The summed E-state index contributed by atoms with van der Waals surface area (Å²) in [7, 11) is 1.48. The average molecular weight is 352 g/mol. The van der Waals surface area contributed by atoms with Gasteiger partial charge in [0, 0.05) is 12.7 Å². The Morgan fingerprint density at radius 2 is 1.92 bits per heavy atom. The molecule has 1 aliphatic heterocycles. The minimum atomic E-state index is -0.586. The van der Waals surface area contributed by atoms with Crippen LogP contribution in [0.25, 0.3) is 6.08 Å². The van der Waals surface area contributed by atoms with E-state index in [0.717, 1.165) is 10.5 Å². The van der Waals surface area contributed by atoms with Gasteiger partial charge in [0.15, 0.2) is 0 Å². The van der Waals surface area contributed by atoms with E-state index in [1.807, 2.05) is 6.07 Å². The molecule has 1 aromatic rings. The third kappa shape index (κ3) is 4.08. The molecule has 1 aliphatic rings. The average Bonchev–Trinajstić information content (AvgIpc) is 2.65. The highest BCUT2D eigenvalue weighted by atomic mass is 16.5. The van der Waals surface area contributed by atoms with Crippen LogP contribution in [-0.2, 0) is 14.3 Å². The van der Waals surface area contributed by atoms with Crippen molar-refractivity contribution < 1.29 is 19.1 Å². The molecule has 0 unspecified atom stereocenters. The summed E-state index contributed by atoms with van der Waals surface area (Å²) in [6, 6.07) is 9.06. The van der Waals surface area contributed by atoms with Crippen molar-refractivity contribution in [3.63, 3.8) is 0 Å². The van der Waals surface area contributed by atoms with E-state index in [1.165, 1.54) is 7.11 Å². The van der Waals surface area contributed by atoms with E-state index in [9.17, 15) is 14.9 Å². The maximum atomic E-state index is 12.7. The van der Waals surface area contributed by atoms with E-state index in [1.54, 1.807) is 43.3 Å². The molecular formula is C20H20N2O4. The number of amides is 2. The first kappa shape index (κ1) is 19.2. The lowest BCUT2D eigenvalue weighted by atomic mass is 9.93. The van der Waals surface area contributed by atoms with Crippen molar-refractivity contribution >= 4 is 17.9 Å². The van der Waals surface area contributed by atoms with Gasteiger partial charge in [-0.05, 0) is 36.3 Å². The zero-order valence-electron chi connectivity index (χ0n) is 14.8. The van der Waals surface area contributed by atoms with Crippen LogP contribution in [0.2, 0.25) is 0 Å². The Hall–Kier alpha value is -3.17. The Morgan fingerprint density at radius 3 is 2.50 bits per heavy atom. The van der Waals surface area contributed by atoms with Gasteiger partial charge in [-0.25, -0.2) is 0 Å². The van der Waals surface area contributed by atoms with Gasteiger partial charge in [0.1, 0.15) is 24.0 Å². The van der Waals surface area contributed by atoms with E-state index < -0.39 is 11.8 Å². The van der Waals surface area contributed by atoms with E-state index in [-0.39, 0.29) is 18.7 Å². The van der Waals surface area contributed by atoms with Gasteiger partial charge in [0.2, 0.25) is 0 Å². The Labute approximate surface area is 152 Å². The summed E-state index contributed by atoms with van der Waals surface area (Å²) in [6.45, 7) is 5.91. The first-order chi connectivity index (χ1) is 12.5. The zero-order chi connectivity index (χ0) is 19.1. The van der Waals surface area contributed by atoms with Crippen molar-refractivity contribution in [2.45, 2.75) is 6.92 Å². The molecule has 0 saturated heterocycles. The van der Waals surface area contributed by atoms with Crippen LogP contribution in [-0.4, -0.2) is 43.6 Å². The minimum Gasteiger partial charge on any atom is -0.490 e. The smallest absolute Gasteiger partial charge is 0.271 e. The maximum absolute atomic E-state index is 12.7. The van der Waals surface area contributed by atoms with E-state index in [0.29, 0.717) is 23.5 Å². The topological polar surface area (TPSA) is 79.6 Å². The molecule has 26 heavy (non-hydrogen) atoms. The lowest BCUT2D eigenvalue weighted by Crippen LogP contribution is -2.44. The number of ether oxygens (including phenoxy) is 2. The number of nitrogens with zero attached hydrogens (tertiary/aromatic N) is 2. The fraction of sp³-hybridized carbons (Fsp3) is 0.250. The summed E-state index contributed by atoms with van der Waals surface area (Å²) >= 11 is 0. The highest BCUT2D eigenvalue weighted by molar-refractivity contribution is 6.19. The summed E-state index contributed by atoms with van der Waals surface area (Å²) in [5.74, 6) is -0.336. The third-order valence-electron chi connectivity index (χ3n) is 3.90. The van der Waals surface area contributed by atoms with Gasteiger partial charge in [-0.3, -0.25) is 14.5 Å². The Morgan fingerprint density at radius 1 is 1.23 bits per heavy atom. The van der Waals surface area contributed by atoms with Crippen LogP contribution in [0.5, 0.6) is 5.75 Å². The third-order valence-corrected chi connectivity index (χ3v) is 3.90. The van der Waals surface area contributed by atoms with Gasteiger partial charge in [-0.2, -0.15) is 5.26 Å². The number of nitriles is 1. The molecule has 0 bridgehead atoms. The number of rotatable bonds is 7. The molecule has 0 radical (unpaired) electrons. The van der Waals surface area contributed by atoms with Crippen LogP contribution < -0.4 is 4.74 Å². The van der Waals surface area contributed by atoms with Crippen molar-refractivity contribution in [3.8, 4) is 11.8 Å². The van der Waals surface area contributed by atoms with Crippen LogP contribution in [0.3, 0.4) is 0 Å². The summed E-state index contributed by atoms with van der Waals surface area (Å²) in [4.78, 5) is 26.1. The van der Waals surface area contributed by atoms with E-state index >= 15 is 0 Å². The van der Waals surface area contributed by atoms with Crippen LogP contribution in [0.15, 0.2) is 53.6 Å². The number of carbonyl (C=O) groups excluding carboxylic acids is 2. The Balaban J connectivity index is 2.38. The molecule has 1 heterocycles. The molecule has 1 aromatic carbocycles. The normalized spacial score (nSPS) is 16.0. The Kier molecular flexibility index (Phi) is 6.48. The number of imide groups is 1. The van der Waals surface area contributed by atoms with Gasteiger partial charge < -0.3 is 9.47 Å². The SMILES string of the molecule is C=CCOc1ccc(/C=C2/C(=O)N(CCOC)C(=O)C(C#N)=C2C)cc1. The quantitative estimate of drug-likeness (QED) is 0.428. The lowest BCUT2D eigenvalue weighted by Gasteiger charge is -2.27. The molecule has 0 fully saturated rings. The Bertz CT molecular complexity index is 813. The molecule has 0 saturated carbocycles. The summed E-state index contributed by atoms with van der Waals surface area (Å²) in [6.07, 6.45) is 3.32. The molecular weight excluding hydrogens is 332 g/mol. The molecule has 0 atom stereocenters. The monoisotopic (exact) mass is 352 g/mol. The van der Waals surface area contributed by atoms with Crippen LogP contribution >= 0.6 is 0 Å². The molecule has 0 N–H and O–H groups in total. The predicted octanol–water partition coefficient (Wildman–Crippen LogP) is 2.49. The first-order valence-electron chi connectivity index (χ1n) is 8.05. The van der Waals surface area contributed by atoms with Gasteiger partial charge in [-0.1, -0.05) is 24.8 Å². The largest absolute Gasteiger partial charge is 0.490 e. The summed E-state index contributed by atoms with van der Waals surface area (Å²) < 4.78 is 10.4. The second kappa shape index (κ2) is 8.79. The van der Waals surface area contributed by atoms with Crippen molar-refractivity contribution in [2.24, 2.45) is 0 Å². The molecule has 0 aromatic heterocycles.